The average Bonchev–Trinajstić information content (AvgIpc) is 2.95. The van der Waals surface area contributed by atoms with Crippen LogP contribution in [-0.4, -0.2) is 18.5 Å². The Bertz CT molecular complexity index is 482. The zero-order valence-electron chi connectivity index (χ0n) is 11.7. The first kappa shape index (κ1) is 15.8. The zero-order chi connectivity index (χ0) is 15.3. The van der Waals surface area contributed by atoms with Gasteiger partial charge in [0, 0.05) is 12.6 Å². The van der Waals surface area contributed by atoms with Crippen molar-refractivity contribution >= 4 is 5.91 Å². The first-order chi connectivity index (χ1) is 9.95. The molecule has 1 aliphatic carbocycles. The summed E-state index contributed by atoms with van der Waals surface area (Å²) in [5.74, 6) is -0.195. The number of hydrogen-bond donors (Lipinski definition) is 2. The minimum Gasteiger partial charge on any atom is -0.351 e. The van der Waals surface area contributed by atoms with Crippen LogP contribution in [0.25, 0.3) is 0 Å². The second kappa shape index (κ2) is 6.93. The molecule has 21 heavy (non-hydrogen) atoms. The maximum Gasteiger partial charge on any atom is 0.416 e. The van der Waals surface area contributed by atoms with Crippen LogP contribution < -0.4 is 10.6 Å². The topological polar surface area (TPSA) is 41.1 Å². The van der Waals surface area contributed by atoms with E-state index in [0.29, 0.717) is 11.6 Å². The van der Waals surface area contributed by atoms with Gasteiger partial charge in [0.05, 0.1) is 12.1 Å². The van der Waals surface area contributed by atoms with E-state index in [0.717, 1.165) is 25.0 Å². The van der Waals surface area contributed by atoms with Crippen molar-refractivity contribution in [2.45, 2.75) is 44.4 Å². The number of rotatable bonds is 5. The van der Waals surface area contributed by atoms with Gasteiger partial charge in [-0.3, -0.25) is 4.79 Å². The summed E-state index contributed by atoms with van der Waals surface area (Å²) < 4.78 is 37.7. The molecule has 2 N–H and O–H groups in total. The number of alkyl halides is 3. The van der Waals surface area contributed by atoms with E-state index in [9.17, 15) is 18.0 Å². The Hall–Kier alpha value is -1.56. The molecular weight excluding hydrogens is 281 g/mol. The molecule has 0 aromatic heterocycles. The van der Waals surface area contributed by atoms with Gasteiger partial charge in [-0.25, -0.2) is 0 Å². The molecule has 0 atom stereocenters. The standard InChI is InChI=1S/C15H19F3N2O/c16-15(17,18)12-5-3-4-11(8-12)9-20-14(21)10-19-13-6-1-2-7-13/h3-5,8,13,19H,1-2,6-7,9-10H2,(H,20,21). The SMILES string of the molecule is O=C(CNC1CCCC1)NCc1cccc(C(F)(F)F)c1. The maximum atomic E-state index is 12.6. The second-order valence-electron chi connectivity index (χ2n) is 5.34. The van der Waals surface area contributed by atoms with Gasteiger partial charge in [0.25, 0.3) is 0 Å². The van der Waals surface area contributed by atoms with Gasteiger partial charge in [-0.2, -0.15) is 13.2 Å². The summed E-state index contributed by atoms with van der Waals surface area (Å²) in [4.78, 5) is 11.7. The number of nitrogens with one attached hydrogen (secondary N) is 2. The quantitative estimate of drug-likeness (QED) is 0.878. The number of amides is 1. The summed E-state index contributed by atoms with van der Waals surface area (Å²) in [7, 11) is 0. The average molecular weight is 300 g/mol. The number of carbonyl (C=O) groups is 1. The third kappa shape index (κ3) is 5.04. The van der Waals surface area contributed by atoms with E-state index in [1.54, 1.807) is 6.07 Å². The molecule has 1 aromatic rings. The highest BCUT2D eigenvalue weighted by Crippen LogP contribution is 2.29. The number of benzene rings is 1. The molecule has 0 bridgehead atoms. The van der Waals surface area contributed by atoms with E-state index in [2.05, 4.69) is 10.6 Å². The highest BCUT2D eigenvalue weighted by molar-refractivity contribution is 5.78. The molecule has 0 saturated heterocycles. The van der Waals surface area contributed by atoms with Gasteiger partial charge in [0.2, 0.25) is 5.91 Å². The van der Waals surface area contributed by atoms with Crippen molar-refractivity contribution < 1.29 is 18.0 Å². The lowest BCUT2D eigenvalue weighted by atomic mass is 10.1. The molecule has 1 fully saturated rings. The Balaban J connectivity index is 1.78. The van der Waals surface area contributed by atoms with Crippen molar-refractivity contribution in [3.05, 3.63) is 35.4 Å². The number of carbonyl (C=O) groups excluding carboxylic acids is 1. The smallest absolute Gasteiger partial charge is 0.351 e. The lowest BCUT2D eigenvalue weighted by Crippen LogP contribution is -2.37. The van der Waals surface area contributed by atoms with Crippen LogP contribution in [0.5, 0.6) is 0 Å². The summed E-state index contributed by atoms with van der Waals surface area (Å²) >= 11 is 0. The number of hydrogen-bond acceptors (Lipinski definition) is 2. The summed E-state index contributed by atoms with van der Waals surface area (Å²) in [5.41, 5.74) is -0.252. The van der Waals surface area contributed by atoms with Crippen LogP contribution in [0.2, 0.25) is 0 Å². The minimum atomic E-state index is -4.36. The third-order valence-corrected chi connectivity index (χ3v) is 3.65. The Morgan fingerprint density at radius 3 is 2.62 bits per heavy atom. The normalized spacial score (nSPS) is 16.1. The fourth-order valence-electron chi connectivity index (χ4n) is 2.49. The van der Waals surface area contributed by atoms with Gasteiger partial charge in [0.1, 0.15) is 0 Å². The minimum absolute atomic E-state index is 0.106. The van der Waals surface area contributed by atoms with Gasteiger partial charge in [-0.05, 0) is 30.5 Å². The fourth-order valence-corrected chi connectivity index (χ4v) is 2.49. The number of halogens is 3. The summed E-state index contributed by atoms with van der Waals surface area (Å²) in [6.45, 7) is 0.318. The predicted molar refractivity (Wildman–Crippen MR) is 73.5 cm³/mol. The first-order valence-electron chi connectivity index (χ1n) is 7.11. The van der Waals surface area contributed by atoms with Crippen LogP contribution in [-0.2, 0) is 17.5 Å². The predicted octanol–water partition coefficient (Wildman–Crippen LogP) is 2.85. The van der Waals surface area contributed by atoms with Gasteiger partial charge >= 0.3 is 6.18 Å². The lowest BCUT2D eigenvalue weighted by Gasteiger charge is -2.12. The molecule has 0 spiro atoms. The molecule has 2 rings (SSSR count). The van der Waals surface area contributed by atoms with Crippen LogP contribution >= 0.6 is 0 Å². The monoisotopic (exact) mass is 300 g/mol. The van der Waals surface area contributed by atoms with Crippen molar-refractivity contribution in [2.75, 3.05) is 6.54 Å². The van der Waals surface area contributed by atoms with Crippen molar-refractivity contribution in [3.63, 3.8) is 0 Å². The first-order valence-corrected chi connectivity index (χ1v) is 7.11. The summed E-state index contributed by atoms with van der Waals surface area (Å²) in [5, 5.41) is 5.79. The lowest BCUT2D eigenvalue weighted by molar-refractivity contribution is -0.137. The van der Waals surface area contributed by atoms with E-state index in [1.807, 2.05) is 0 Å². The van der Waals surface area contributed by atoms with Crippen LogP contribution in [0.4, 0.5) is 13.2 Å². The molecule has 116 valence electrons. The molecule has 1 saturated carbocycles. The molecule has 6 heteroatoms. The molecule has 1 aliphatic rings. The van der Waals surface area contributed by atoms with Crippen LogP contribution in [0.15, 0.2) is 24.3 Å². The van der Waals surface area contributed by atoms with Gasteiger partial charge in [-0.15, -0.1) is 0 Å². The van der Waals surface area contributed by atoms with E-state index in [1.165, 1.54) is 18.9 Å². The zero-order valence-corrected chi connectivity index (χ0v) is 11.7. The second-order valence-corrected chi connectivity index (χ2v) is 5.34. The Morgan fingerprint density at radius 1 is 1.24 bits per heavy atom. The molecule has 0 unspecified atom stereocenters. The van der Waals surface area contributed by atoms with E-state index in [4.69, 9.17) is 0 Å². The summed E-state index contributed by atoms with van der Waals surface area (Å²) in [6, 6.07) is 5.39. The van der Waals surface area contributed by atoms with Crippen LogP contribution in [0, 0.1) is 0 Å². The van der Waals surface area contributed by atoms with Crippen molar-refractivity contribution in [2.24, 2.45) is 0 Å². The Kier molecular flexibility index (Phi) is 5.22. The molecule has 3 nitrogen and oxygen atoms in total. The fraction of sp³-hybridized carbons (Fsp3) is 0.533. The Morgan fingerprint density at radius 2 is 1.95 bits per heavy atom. The highest BCUT2D eigenvalue weighted by atomic mass is 19.4. The van der Waals surface area contributed by atoms with Crippen LogP contribution in [0.1, 0.15) is 36.8 Å². The molecule has 1 amide bonds. The van der Waals surface area contributed by atoms with Crippen molar-refractivity contribution in [3.8, 4) is 0 Å². The van der Waals surface area contributed by atoms with Gasteiger partial charge in [0.15, 0.2) is 0 Å². The van der Waals surface area contributed by atoms with Gasteiger partial charge < -0.3 is 10.6 Å². The molecule has 1 aromatic carbocycles. The van der Waals surface area contributed by atoms with Crippen molar-refractivity contribution in [1.29, 1.82) is 0 Å². The van der Waals surface area contributed by atoms with E-state index in [-0.39, 0.29) is 19.0 Å². The molecule has 0 heterocycles. The maximum absolute atomic E-state index is 12.6. The van der Waals surface area contributed by atoms with E-state index < -0.39 is 11.7 Å². The van der Waals surface area contributed by atoms with E-state index >= 15 is 0 Å². The summed E-state index contributed by atoms with van der Waals surface area (Å²) in [6.07, 6.45) is 0.179. The molecule has 0 radical (unpaired) electrons. The van der Waals surface area contributed by atoms with Crippen molar-refractivity contribution in [1.82, 2.24) is 10.6 Å². The Labute approximate surface area is 121 Å². The highest BCUT2D eigenvalue weighted by Gasteiger charge is 2.30. The van der Waals surface area contributed by atoms with Crippen LogP contribution in [0.3, 0.4) is 0 Å². The largest absolute Gasteiger partial charge is 0.416 e. The third-order valence-electron chi connectivity index (χ3n) is 3.65. The molecular formula is C15H19F3N2O. The molecule has 0 aliphatic heterocycles. The van der Waals surface area contributed by atoms with Gasteiger partial charge in [-0.1, -0.05) is 25.0 Å².